The third kappa shape index (κ3) is 5.50. The van der Waals surface area contributed by atoms with Crippen molar-refractivity contribution in [3.8, 4) is 5.75 Å². The van der Waals surface area contributed by atoms with Gasteiger partial charge in [0.1, 0.15) is 17.0 Å². The van der Waals surface area contributed by atoms with E-state index in [0.29, 0.717) is 18.0 Å². The highest BCUT2D eigenvalue weighted by molar-refractivity contribution is 5.98. The molecule has 1 aliphatic rings. The summed E-state index contributed by atoms with van der Waals surface area (Å²) in [6.45, 7) is 10.4. The number of hydrogen-bond acceptors (Lipinski definition) is 5. The molecule has 1 aromatic carbocycles. The van der Waals surface area contributed by atoms with Crippen LogP contribution in [-0.2, 0) is 11.3 Å². The summed E-state index contributed by atoms with van der Waals surface area (Å²) in [4.78, 5) is 26.2. The number of aryl methyl sites for hydroxylation is 1. The van der Waals surface area contributed by atoms with Gasteiger partial charge in [-0.2, -0.15) is 0 Å². The molecule has 1 saturated heterocycles. The van der Waals surface area contributed by atoms with Gasteiger partial charge in [0, 0.05) is 43.7 Å². The van der Waals surface area contributed by atoms with Gasteiger partial charge < -0.3 is 29.4 Å². The molecule has 1 fully saturated rings. The second-order valence-electron chi connectivity index (χ2n) is 9.08. The number of ether oxygens (including phenoxy) is 2. The van der Waals surface area contributed by atoms with Crippen LogP contribution in [0.3, 0.4) is 0 Å². The topological polar surface area (TPSA) is 93.0 Å². The number of piperidine rings is 1. The molecule has 0 aliphatic carbocycles. The summed E-state index contributed by atoms with van der Waals surface area (Å²) < 4.78 is 12.6. The first-order chi connectivity index (χ1) is 14.6. The van der Waals surface area contributed by atoms with E-state index in [4.69, 9.17) is 9.47 Å². The minimum Gasteiger partial charge on any atom is -0.497 e. The van der Waals surface area contributed by atoms with Gasteiger partial charge in [-0.1, -0.05) is 0 Å². The van der Waals surface area contributed by atoms with Crippen LogP contribution in [0.25, 0.3) is 10.9 Å². The van der Waals surface area contributed by atoms with Crippen molar-refractivity contribution in [3.63, 3.8) is 0 Å². The minimum atomic E-state index is -0.923. The molecular weight excluding hydrogens is 398 g/mol. The molecule has 2 N–H and O–H groups in total. The maximum absolute atomic E-state index is 12.0. The van der Waals surface area contributed by atoms with Gasteiger partial charge in [-0.05, 0) is 58.2 Å². The van der Waals surface area contributed by atoms with E-state index in [1.54, 1.807) is 7.11 Å². The molecule has 8 nitrogen and oxygen atoms in total. The van der Waals surface area contributed by atoms with Gasteiger partial charge in [0.15, 0.2) is 0 Å². The van der Waals surface area contributed by atoms with E-state index in [2.05, 4.69) is 10.2 Å². The summed E-state index contributed by atoms with van der Waals surface area (Å²) in [6.07, 6.45) is 1.30. The zero-order chi connectivity index (χ0) is 22.8. The second-order valence-corrected chi connectivity index (χ2v) is 9.08. The Balaban J connectivity index is 1.64. The SMILES string of the molecule is COc1ccc2c(C)c(C(=O)O)n(CCN3CCC(NC(=O)OC(C)(C)C)CC3)c2c1. The van der Waals surface area contributed by atoms with Crippen molar-refractivity contribution in [2.45, 2.75) is 58.7 Å². The summed E-state index contributed by atoms with van der Waals surface area (Å²) in [5, 5.41) is 13.7. The first-order valence-corrected chi connectivity index (χ1v) is 10.7. The van der Waals surface area contributed by atoms with E-state index in [0.717, 1.165) is 48.9 Å². The number of carbonyl (C=O) groups is 2. The number of nitrogens with zero attached hydrogens (tertiary/aromatic N) is 2. The highest BCUT2D eigenvalue weighted by atomic mass is 16.6. The molecule has 0 saturated carbocycles. The fourth-order valence-corrected chi connectivity index (χ4v) is 4.15. The first kappa shape index (κ1) is 22.9. The number of rotatable bonds is 6. The Hall–Kier alpha value is -2.74. The van der Waals surface area contributed by atoms with Crippen molar-refractivity contribution in [3.05, 3.63) is 29.5 Å². The van der Waals surface area contributed by atoms with Crippen LogP contribution in [0.2, 0.25) is 0 Å². The molecule has 31 heavy (non-hydrogen) atoms. The lowest BCUT2D eigenvalue weighted by Gasteiger charge is -2.33. The maximum atomic E-state index is 12.0. The Kier molecular flexibility index (Phi) is 6.79. The van der Waals surface area contributed by atoms with Crippen molar-refractivity contribution in [2.24, 2.45) is 0 Å². The molecule has 8 heteroatoms. The standard InChI is InChI=1S/C23H33N3O5/c1-15-18-7-6-17(30-5)14-19(18)26(20(15)21(27)28)13-12-25-10-8-16(9-11-25)24-22(29)31-23(2,3)4/h6-7,14,16H,8-13H2,1-5H3,(H,24,29)(H,27,28). The van der Waals surface area contributed by atoms with Crippen LogP contribution < -0.4 is 10.1 Å². The Morgan fingerprint density at radius 3 is 2.45 bits per heavy atom. The van der Waals surface area contributed by atoms with Crippen LogP contribution in [0.4, 0.5) is 4.79 Å². The number of fused-ring (bicyclic) bond motifs is 1. The number of aromatic carboxylic acids is 1. The molecule has 0 radical (unpaired) electrons. The average Bonchev–Trinajstić information content (AvgIpc) is 2.97. The lowest BCUT2D eigenvalue weighted by molar-refractivity contribution is 0.0478. The van der Waals surface area contributed by atoms with Crippen molar-refractivity contribution >= 4 is 23.0 Å². The Bertz CT molecular complexity index is 952. The molecule has 0 atom stereocenters. The normalized spacial score (nSPS) is 15.8. The number of alkyl carbamates (subject to hydrolysis) is 1. The maximum Gasteiger partial charge on any atom is 0.407 e. The summed E-state index contributed by atoms with van der Waals surface area (Å²) >= 11 is 0. The van der Waals surface area contributed by atoms with Gasteiger partial charge in [-0.25, -0.2) is 9.59 Å². The summed E-state index contributed by atoms with van der Waals surface area (Å²) in [6, 6.07) is 5.76. The molecule has 2 aromatic rings. The highest BCUT2D eigenvalue weighted by Gasteiger charge is 2.25. The fourth-order valence-electron chi connectivity index (χ4n) is 4.15. The van der Waals surface area contributed by atoms with Gasteiger partial charge in [0.25, 0.3) is 0 Å². The van der Waals surface area contributed by atoms with E-state index >= 15 is 0 Å². The third-order valence-electron chi connectivity index (χ3n) is 5.68. The molecule has 0 unspecified atom stereocenters. The molecule has 2 heterocycles. The average molecular weight is 432 g/mol. The van der Waals surface area contributed by atoms with Crippen LogP contribution >= 0.6 is 0 Å². The predicted octanol–water partition coefficient (Wildman–Crippen LogP) is 3.65. The number of nitrogens with one attached hydrogen (secondary N) is 1. The number of benzene rings is 1. The van der Waals surface area contributed by atoms with Crippen LogP contribution in [0, 0.1) is 6.92 Å². The first-order valence-electron chi connectivity index (χ1n) is 10.7. The third-order valence-corrected chi connectivity index (χ3v) is 5.68. The molecule has 1 amide bonds. The highest BCUT2D eigenvalue weighted by Crippen LogP contribution is 2.29. The Labute approximate surface area is 183 Å². The largest absolute Gasteiger partial charge is 0.497 e. The number of hydrogen-bond donors (Lipinski definition) is 2. The lowest BCUT2D eigenvalue weighted by atomic mass is 10.1. The zero-order valence-corrected chi connectivity index (χ0v) is 19.0. The van der Waals surface area contributed by atoms with Gasteiger partial charge in [0.05, 0.1) is 12.6 Å². The second kappa shape index (κ2) is 9.18. The number of likely N-dealkylation sites (tertiary alicyclic amines) is 1. The number of aromatic nitrogens is 1. The lowest BCUT2D eigenvalue weighted by Crippen LogP contribution is -2.46. The van der Waals surface area contributed by atoms with E-state index in [9.17, 15) is 14.7 Å². The minimum absolute atomic E-state index is 0.0968. The van der Waals surface area contributed by atoms with Crippen molar-refractivity contribution in [2.75, 3.05) is 26.7 Å². The van der Waals surface area contributed by atoms with Gasteiger partial charge in [-0.15, -0.1) is 0 Å². The fraction of sp³-hybridized carbons (Fsp3) is 0.565. The van der Waals surface area contributed by atoms with Crippen LogP contribution in [0.1, 0.15) is 49.7 Å². The molecule has 0 bridgehead atoms. The Morgan fingerprint density at radius 1 is 1.19 bits per heavy atom. The van der Waals surface area contributed by atoms with Crippen molar-refractivity contribution in [1.82, 2.24) is 14.8 Å². The van der Waals surface area contributed by atoms with E-state index in [1.807, 2.05) is 50.5 Å². The molecule has 1 aliphatic heterocycles. The molecule has 170 valence electrons. The number of methoxy groups -OCH3 is 1. The van der Waals surface area contributed by atoms with Gasteiger partial charge in [0.2, 0.25) is 0 Å². The number of amides is 1. The quantitative estimate of drug-likeness (QED) is 0.725. The van der Waals surface area contributed by atoms with E-state index < -0.39 is 11.6 Å². The summed E-state index contributed by atoms with van der Waals surface area (Å²) in [5.41, 5.74) is 1.46. The van der Waals surface area contributed by atoms with Crippen LogP contribution in [0.15, 0.2) is 18.2 Å². The van der Waals surface area contributed by atoms with E-state index in [-0.39, 0.29) is 12.1 Å². The smallest absolute Gasteiger partial charge is 0.407 e. The summed E-state index contributed by atoms with van der Waals surface area (Å²) in [5.74, 6) is -0.217. The molecular formula is C23H33N3O5. The van der Waals surface area contributed by atoms with E-state index in [1.165, 1.54) is 0 Å². The molecule has 3 rings (SSSR count). The summed E-state index contributed by atoms with van der Waals surface area (Å²) in [7, 11) is 1.61. The zero-order valence-electron chi connectivity index (χ0n) is 19.0. The molecule has 0 spiro atoms. The van der Waals surface area contributed by atoms with Crippen molar-refractivity contribution in [1.29, 1.82) is 0 Å². The number of carboxylic acids is 1. The molecule has 1 aromatic heterocycles. The van der Waals surface area contributed by atoms with Gasteiger partial charge in [-0.3, -0.25) is 0 Å². The van der Waals surface area contributed by atoms with Crippen molar-refractivity contribution < 1.29 is 24.2 Å². The Morgan fingerprint density at radius 2 is 1.87 bits per heavy atom. The van der Waals surface area contributed by atoms with Crippen LogP contribution in [0.5, 0.6) is 5.75 Å². The number of carbonyl (C=O) groups excluding carboxylic acids is 1. The van der Waals surface area contributed by atoms with Crippen LogP contribution in [-0.4, -0.2) is 65.0 Å². The van der Waals surface area contributed by atoms with Gasteiger partial charge >= 0.3 is 12.1 Å². The number of carboxylic acid groups (broad SMARTS) is 1. The monoisotopic (exact) mass is 431 g/mol. The predicted molar refractivity (Wildman–Crippen MR) is 119 cm³/mol.